The molecular weight excluding hydrogens is 246 g/mol. The van der Waals surface area contributed by atoms with Crippen molar-refractivity contribution < 1.29 is 18.4 Å². The molecule has 1 aromatic carbocycles. The molecule has 1 aromatic rings. The van der Waals surface area contributed by atoms with Crippen LogP contribution in [-0.4, -0.2) is 24.9 Å². The maximum atomic E-state index is 13.9. The fourth-order valence-electron chi connectivity index (χ4n) is 1.93. The molecule has 0 unspecified atom stereocenters. The standard InChI is InChI=1S/C14H20BFO3/c1-6-17-10-7-8-12(16)11(9-10)15-18-13(2,3)14(4,5)19-15/h7-9H,6H2,1-5H3. The molecule has 5 heteroatoms. The molecule has 0 aromatic heterocycles. The predicted octanol–water partition coefficient (Wildman–Crippen LogP) is 2.52. The lowest BCUT2D eigenvalue weighted by Crippen LogP contribution is -2.41. The first-order chi connectivity index (χ1) is 8.77. The van der Waals surface area contributed by atoms with Crippen molar-refractivity contribution in [1.29, 1.82) is 0 Å². The van der Waals surface area contributed by atoms with Crippen LogP contribution in [-0.2, 0) is 9.31 Å². The first-order valence-corrected chi connectivity index (χ1v) is 6.55. The molecule has 0 bridgehead atoms. The molecule has 3 nitrogen and oxygen atoms in total. The van der Waals surface area contributed by atoms with E-state index in [9.17, 15) is 4.39 Å². The molecule has 0 spiro atoms. The Labute approximate surface area is 114 Å². The van der Waals surface area contributed by atoms with Crippen molar-refractivity contribution in [3.05, 3.63) is 24.0 Å². The minimum Gasteiger partial charge on any atom is -0.494 e. The van der Waals surface area contributed by atoms with Gasteiger partial charge >= 0.3 is 7.12 Å². The maximum absolute atomic E-state index is 13.9. The third-order valence-corrected chi connectivity index (χ3v) is 3.79. The molecule has 0 saturated carbocycles. The summed E-state index contributed by atoms with van der Waals surface area (Å²) in [6, 6.07) is 4.62. The van der Waals surface area contributed by atoms with E-state index in [1.165, 1.54) is 6.07 Å². The van der Waals surface area contributed by atoms with Crippen LogP contribution < -0.4 is 10.2 Å². The molecule has 0 aliphatic carbocycles. The number of ether oxygens (including phenoxy) is 1. The van der Waals surface area contributed by atoms with Crippen LogP contribution in [0.4, 0.5) is 4.39 Å². The highest BCUT2D eigenvalue weighted by Crippen LogP contribution is 2.36. The Kier molecular flexibility index (Phi) is 3.62. The second kappa shape index (κ2) is 4.80. The number of hydrogen-bond donors (Lipinski definition) is 0. The smallest absolute Gasteiger partial charge is 0.494 e. The van der Waals surface area contributed by atoms with Gasteiger partial charge in [-0.2, -0.15) is 0 Å². The number of hydrogen-bond acceptors (Lipinski definition) is 3. The highest BCUT2D eigenvalue weighted by Gasteiger charge is 2.52. The van der Waals surface area contributed by atoms with Crippen LogP contribution in [0.25, 0.3) is 0 Å². The molecule has 1 saturated heterocycles. The summed E-state index contributed by atoms with van der Waals surface area (Å²) in [7, 11) is -0.703. The first kappa shape index (κ1) is 14.3. The predicted molar refractivity (Wildman–Crippen MR) is 73.3 cm³/mol. The van der Waals surface area contributed by atoms with Crippen molar-refractivity contribution in [3.8, 4) is 5.75 Å². The average molecular weight is 266 g/mol. The topological polar surface area (TPSA) is 27.7 Å². The number of halogens is 1. The van der Waals surface area contributed by atoms with Gasteiger partial charge < -0.3 is 14.0 Å². The van der Waals surface area contributed by atoms with Gasteiger partial charge in [0, 0.05) is 5.46 Å². The molecule has 1 aliphatic heterocycles. The van der Waals surface area contributed by atoms with Gasteiger partial charge in [-0.3, -0.25) is 0 Å². The molecule has 0 N–H and O–H groups in total. The zero-order valence-electron chi connectivity index (χ0n) is 12.1. The molecule has 0 atom stereocenters. The fourth-order valence-corrected chi connectivity index (χ4v) is 1.93. The van der Waals surface area contributed by atoms with Gasteiger partial charge in [0.2, 0.25) is 0 Å². The Morgan fingerprint density at radius 3 is 2.26 bits per heavy atom. The largest absolute Gasteiger partial charge is 0.497 e. The summed E-state index contributed by atoms with van der Waals surface area (Å²) in [6.45, 7) is 10.2. The zero-order chi connectivity index (χ0) is 14.3. The van der Waals surface area contributed by atoms with Gasteiger partial charge in [0.25, 0.3) is 0 Å². The van der Waals surface area contributed by atoms with Crippen LogP contribution in [0.2, 0.25) is 0 Å². The van der Waals surface area contributed by atoms with Crippen LogP contribution >= 0.6 is 0 Å². The Morgan fingerprint density at radius 2 is 1.74 bits per heavy atom. The average Bonchev–Trinajstić information content (AvgIpc) is 2.51. The van der Waals surface area contributed by atoms with Crippen LogP contribution in [0.1, 0.15) is 34.6 Å². The summed E-state index contributed by atoms with van der Waals surface area (Å²) in [6.07, 6.45) is 0. The quantitative estimate of drug-likeness (QED) is 0.787. The summed E-state index contributed by atoms with van der Waals surface area (Å²) in [5.74, 6) is 0.274. The minimum absolute atomic E-state index is 0.345. The van der Waals surface area contributed by atoms with Gasteiger partial charge in [-0.1, -0.05) is 0 Å². The third-order valence-electron chi connectivity index (χ3n) is 3.79. The van der Waals surface area contributed by atoms with E-state index >= 15 is 0 Å². The van der Waals surface area contributed by atoms with Gasteiger partial charge in [0.15, 0.2) is 0 Å². The Hall–Kier alpha value is -1.07. The summed E-state index contributed by atoms with van der Waals surface area (Å²) in [5, 5.41) is 0. The van der Waals surface area contributed by atoms with E-state index in [0.29, 0.717) is 17.8 Å². The zero-order valence-corrected chi connectivity index (χ0v) is 12.1. The van der Waals surface area contributed by atoms with Gasteiger partial charge in [0.05, 0.1) is 17.8 Å². The molecule has 19 heavy (non-hydrogen) atoms. The molecule has 1 fully saturated rings. The van der Waals surface area contributed by atoms with Gasteiger partial charge in [-0.15, -0.1) is 0 Å². The van der Waals surface area contributed by atoms with E-state index in [2.05, 4.69) is 0 Å². The van der Waals surface area contributed by atoms with Gasteiger partial charge in [0.1, 0.15) is 11.6 Å². The highest BCUT2D eigenvalue weighted by atomic mass is 19.1. The molecule has 1 heterocycles. The van der Waals surface area contributed by atoms with Crippen molar-refractivity contribution >= 4 is 12.6 Å². The lowest BCUT2D eigenvalue weighted by atomic mass is 9.78. The van der Waals surface area contributed by atoms with Crippen LogP contribution in [0, 0.1) is 5.82 Å². The summed E-state index contributed by atoms with van der Waals surface area (Å²) >= 11 is 0. The second-order valence-corrected chi connectivity index (χ2v) is 5.70. The molecule has 0 amide bonds. The normalized spacial score (nSPS) is 20.6. The number of benzene rings is 1. The van der Waals surface area contributed by atoms with Crippen molar-refractivity contribution in [2.75, 3.05) is 6.61 Å². The fraction of sp³-hybridized carbons (Fsp3) is 0.571. The van der Waals surface area contributed by atoms with Crippen molar-refractivity contribution in [1.82, 2.24) is 0 Å². The van der Waals surface area contributed by atoms with Crippen LogP contribution in [0.3, 0.4) is 0 Å². The summed E-state index contributed by atoms with van der Waals surface area (Å²) in [4.78, 5) is 0. The highest BCUT2D eigenvalue weighted by molar-refractivity contribution is 6.62. The second-order valence-electron chi connectivity index (χ2n) is 5.70. The molecule has 2 rings (SSSR count). The molecular formula is C14H20BFO3. The third kappa shape index (κ3) is 2.62. The van der Waals surface area contributed by atoms with Crippen molar-refractivity contribution in [2.45, 2.75) is 45.8 Å². The SMILES string of the molecule is CCOc1ccc(F)c(B2OC(C)(C)C(C)(C)O2)c1. The molecule has 104 valence electrons. The lowest BCUT2D eigenvalue weighted by Gasteiger charge is -2.32. The Balaban J connectivity index is 2.31. The summed E-state index contributed by atoms with van der Waals surface area (Å²) in [5.41, 5.74) is -0.582. The van der Waals surface area contributed by atoms with E-state index < -0.39 is 18.3 Å². The van der Waals surface area contributed by atoms with E-state index in [1.807, 2.05) is 34.6 Å². The Morgan fingerprint density at radius 1 is 1.16 bits per heavy atom. The summed E-state index contributed by atoms with van der Waals surface area (Å²) < 4.78 is 31.0. The first-order valence-electron chi connectivity index (χ1n) is 6.55. The molecule has 1 aliphatic rings. The van der Waals surface area contributed by atoms with E-state index in [4.69, 9.17) is 14.0 Å². The van der Waals surface area contributed by atoms with Crippen LogP contribution in [0.15, 0.2) is 18.2 Å². The Bertz CT molecular complexity index is 458. The van der Waals surface area contributed by atoms with Crippen molar-refractivity contribution in [2.24, 2.45) is 0 Å². The van der Waals surface area contributed by atoms with E-state index in [0.717, 1.165) is 0 Å². The van der Waals surface area contributed by atoms with E-state index in [1.54, 1.807) is 12.1 Å². The van der Waals surface area contributed by atoms with Gasteiger partial charge in [-0.05, 0) is 52.8 Å². The number of rotatable bonds is 3. The van der Waals surface area contributed by atoms with Crippen molar-refractivity contribution in [3.63, 3.8) is 0 Å². The molecule has 0 radical (unpaired) electrons. The minimum atomic E-state index is -0.703. The van der Waals surface area contributed by atoms with E-state index in [-0.39, 0.29) is 5.82 Å². The maximum Gasteiger partial charge on any atom is 0.497 e. The monoisotopic (exact) mass is 266 g/mol. The van der Waals surface area contributed by atoms with Gasteiger partial charge in [-0.25, -0.2) is 4.39 Å². The lowest BCUT2D eigenvalue weighted by molar-refractivity contribution is 0.00578. The van der Waals surface area contributed by atoms with Crippen LogP contribution in [0.5, 0.6) is 5.75 Å².